The molecule has 0 bridgehead atoms. The highest BCUT2D eigenvalue weighted by Gasteiger charge is 2.29. The highest BCUT2D eigenvalue weighted by molar-refractivity contribution is 7.91. The normalized spacial score (nSPS) is 22.6. The van der Waals surface area contributed by atoms with E-state index in [-0.39, 0.29) is 29.4 Å². The van der Waals surface area contributed by atoms with Gasteiger partial charge in [-0.2, -0.15) is 0 Å². The molecule has 2 heterocycles. The van der Waals surface area contributed by atoms with E-state index in [1.54, 1.807) is 0 Å². The lowest BCUT2D eigenvalue weighted by Gasteiger charge is -2.32. The maximum Gasteiger partial charge on any atom is 0.253 e. The molecule has 148 valence electrons. The van der Waals surface area contributed by atoms with Crippen molar-refractivity contribution in [2.75, 3.05) is 24.6 Å². The van der Waals surface area contributed by atoms with Crippen molar-refractivity contribution in [3.8, 4) is 0 Å². The fourth-order valence-corrected chi connectivity index (χ4v) is 5.52. The molecule has 2 amide bonds. The van der Waals surface area contributed by atoms with Gasteiger partial charge in [0.15, 0.2) is 9.84 Å². The number of hydrogen-bond acceptors (Lipinski definition) is 4. The van der Waals surface area contributed by atoms with Crippen molar-refractivity contribution in [2.45, 2.75) is 45.1 Å². The first kappa shape index (κ1) is 19.9. The zero-order chi connectivity index (χ0) is 19.4. The summed E-state index contributed by atoms with van der Waals surface area (Å²) in [4.78, 5) is 26.5. The van der Waals surface area contributed by atoms with Crippen LogP contribution in [0.25, 0.3) is 0 Å². The molecule has 2 fully saturated rings. The van der Waals surface area contributed by atoms with Crippen molar-refractivity contribution in [1.82, 2.24) is 10.2 Å². The van der Waals surface area contributed by atoms with Crippen LogP contribution in [0.4, 0.5) is 0 Å². The number of amides is 2. The topological polar surface area (TPSA) is 83.6 Å². The van der Waals surface area contributed by atoms with Crippen LogP contribution < -0.4 is 5.32 Å². The smallest absolute Gasteiger partial charge is 0.253 e. The number of nitrogens with zero attached hydrogens (tertiary/aromatic N) is 1. The lowest BCUT2D eigenvalue weighted by atomic mass is 9.91. The van der Waals surface area contributed by atoms with Gasteiger partial charge < -0.3 is 10.2 Å². The summed E-state index contributed by atoms with van der Waals surface area (Å²) in [5.74, 6) is 0.693. The van der Waals surface area contributed by atoms with Gasteiger partial charge in [0.1, 0.15) is 0 Å². The van der Waals surface area contributed by atoms with Crippen molar-refractivity contribution in [1.29, 1.82) is 0 Å². The van der Waals surface area contributed by atoms with Gasteiger partial charge in [0.25, 0.3) is 5.91 Å². The molecule has 2 aliphatic heterocycles. The maximum atomic E-state index is 12.5. The first-order valence-corrected chi connectivity index (χ1v) is 11.5. The zero-order valence-corrected chi connectivity index (χ0v) is 16.6. The number of hydrogen-bond donors (Lipinski definition) is 1. The Hall–Kier alpha value is -1.89. The largest absolute Gasteiger partial charge is 0.352 e. The molecule has 1 aromatic carbocycles. The summed E-state index contributed by atoms with van der Waals surface area (Å²) in [7, 11) is -2.97. The van der Waals surface area contributed by atoms with E-state index in [1.807, 2.05) is 36.1 Å². The molecule has 1 N–H and O–H groups in total. The summed E-state index contributed by atoms with van der Waals surface area (Å²) >= 11 is 0. The number of carbonyl (C=O) groups excluding carboxylic acids is 2. The van der Waals surface area contributed by atoms with Crippen LogP contribution in [0.15, 0.2) is 24.3 Å². The summed E-state index contributed by atoms with van der Waals surface area (Å²) in [6, 6.07) is 7.42. The van der Waals surface area contributed by atoms with Crippen LogP contribution in [0, 0.1) is 12.8 Å². The molecule has 1 unspecified atom stereocenters. The number of piperidine rings is 1. The molecule has 0 aliphatic carbocycles. The van der Waals surface area contributed by atoms with Crippen LogP contribution in [0.3, 0.4) is 0 Å². The molecule has 2 aliphatic rings. The van der Waals surface area contributed by atoms with Gasteiger partial charge in [-0.1, -0.05) is 17.7 Å². The SMILES string of the molecule is Cc1ccc(C(=O)N2CCC(CCC(=O)NC3CCS(=O)(=O)C3)CC2)cc1. The predicted octanol–water partition coefficient (Wildman–Crippen LogP) is 1.93. The number of nitrogens with one attached hydrogen (secondary N) is 1. The first-order valence-electron chi connectivity index (χ1n) is 9.68. The molecule has 1 atom stereocenters. The van der Waals surface area contributed by atoms with E-state index in [0.717, 1.165) is 43.5 Å². The minimum Gasteiger partial charge on any atom is -0.352 e. The Morgan fingerprint density at radius 1 is 1.11 bits per heavy atom. The number of sulfone groups is 1. The van der Waals surface area contributed by atoms with E-state index in [1.165, 1.54) is 0 Å². The van der Waals surface area contributed by atoms with E-state index >= 15 is 0 Å². The second kappa shape index (κ2) is 8.42. The number of likely N-dealkylation sites (tertiary alicyclic amines) is 1. The summed E-state index contributed by atoms with van der Waals surface area (Å²) in [5, 5.41) is 2.84. The zero-order valence-electron chi connectivity index (χ0n) is 15.8. The molecule has 1 aromatic rings. The van der Waals surface area contributed by atoms with Crippen molar-refractivity contribution in [2.24, 2.45) is 5.92 Å². The highest BCUT2D eigenvalue weighted by atomic mass is 32.2. The Kier molecular flexibility index (Phi) is 6.19. The van der Waals surface area contributed by atoms with E-state index in [2.05, 4.69) is 5.32 Å². The summed E-state index contributed by atoms with van der Waals surface area (Å²) < 4.78 is 22.9. The van der Waals surface area contributed by atoms with Crippen LogP contribution in [0.1, 0.15) is 48.0 Å². The third-order valence-electron chi connectivity index (χ3n) is 5.58. The molecular formula is C20H28N2O4S. The Bertz CT molecular complexity index is 781. The van der Waals surface area contributed by atoms with Crippen LogP contribution in [0.5, 0.6) is 0 Å². The van der Waals surface area contributed by atoms with Crippen LogP contribution in [-0.2, 0) is 14.6 Å². The summed E-state index contributed by atoms with van der Waals surface area (Å²) in [6.07, 6.45) is 3.55. The minimum atomic E-state index is -2.97. The fraction of sp³-hybridized carbons (Fsp3) is 0.600. The molecule has 27 heavy (non-hydrogen) atoms. The Labute approximate surface area is 161 Å². The second-order valence-electron chi connectivity index (χ2n) is 7.81. The van der Waals surface area contributed by atoms with Crippen LogP contribution >= 0.6 is 0 Å². The third kappa shape index (κ3) is 5.54. The Balaban J connectivity index is 1.38. The van der Waals surface area contributed by atoms with Crippen LogP contribution in [0.2, 0.25) is 0 Å². The van der Waals surface area contributed by atoms with E-state index in [9.17, 15) is 18.0 Å². The number of carbonyl (C=O) groups is 2. The van der Waals surface area contributed by atoms with Gasteiger partial charge in [-0.25, -0.2) is 8.42 Å². The number of benzene rings is 1. The molecule has 0 spiro atoms. The van der Waals surface area contributed by atoms with E-state index in [4.69, 9.17) is 0 Å². The first-order chi connectivity index (χ1) is 12.8. The standard InChI is InChI=1S/C20H28N2O4S/c1-15-2-5-17(6-3-15)20(24)22-11-8-16(9-12-22)4-7-19(23)21-18-10-13-27(25,26)14-18/h2-3,5-6,16,18H,4,7-14H2,1H3,(H,21,23). The molecular weight excluding hydrogens is 364 g/mol. The maximum absolute atomic E-state index is 12.5. The lowest BCUT2D eigenvalue weighted by molar-refractivity contribution is -0.122. The monoisotopic (exact) mass is 392 g/mol. The van der Waals surface area contributed by atoms with E-state index in [0.29, 0.717) is 18.8 Å². The molecule has 2 saturated heterocycles. The van der Waals surface area contributed by atoms with Gasteiger partial charge in [0, 0.05) is 31.1 Å². The Morgan fingerprint density at radius 3 is 2.37 bits per heavy atom. The second-order valence-corrected chi connectivity index (χ2v) is 10.0. The molecule has 6 nitrogen and oxygen atoms in total. The molecule has 0 aromatic heterocycles. The highest BCUT2D eigenvalue weighted by Crippen LogP contribution is 2.23. The fourth-order valence-electron chi connectivity index (χ4n) is 3.85. The predicted molar refractivity (Wildman–Crippen MR) is 104 cm³/mol. The number of rotatable bonds is 5. The van der Waals surface area contributed by atoms with Gasteiger partial charge in [0.05, 0.1) is 11.5 Å². The minimum absolute atomic E-state index is 0.0599. The third-order valence-corrected chi connectivity index (χ3v) is 7.35. The summed E-state index contributed by atoms with van der Waals surface area (Å²) in [6.45, 7) is 3.45. The van der Waals surface area contributed by atoms with Crippen molar-refractivity contribution < 1.29 is 18.0 Å². The van der Waals surface area contributed by atoms with Gasteiger partial charge in [0.2, 0.25) is 5.91 Å². The van der Waals surface area contributed by atoms with Crippen LogP contribution in [-0.4, -0.2) is 55.8 Å². The Morgan fingerprint density at radius 2 is 1.78 bits per heavy atom. The molecule has 3 rings (SSSR count). The van der Waals surface area contributed by atoms with Gasteiger partial charge in [-0.3, -0.25) is 9.59 Å². The van der Waals surface area contributed by atoms with Gasteiger partial charge in [-0.05, 0) is 50.7 Å². The molecule has 7 heteroatoms. The van der Waals surface area contributed by atoms with Crippen molar-refractivity contribution in [3.63, 3.8) is 0 Å². The average molecular weight is 393 g/mol. The number of aryl methyl sites for hydroxylation is 1. The quantitative estimate of drug-likeness (QED) is 0.830. The molecule has 0 saturated carbocycles. The van der Waals surface area contributed by atoms with Crippen molar-refractivity contribution >= 4 is 21.7 Å². The lowest BCUT2D eigenvalue weighted by Crippen LogP contribution is -2.39. The van der Waals surface area contributed by atoms with Gasteiger partial charge in [-0.15, -0.1) is 0 Å². The van der Waals surface area contributed by atoms with E-state index < -0.39 is 9.84 Å². The van der Waals surface area contributed by atoms with Gasteiger partial charge >= 0.3 is 0 Å². The van der Waals surface area contributed by atoms with Crippen molar-refractivity contribution in [3.05, 3.63) is 35.4 Å². The molecule has 0 radical (unpaired) electrons. The average Bonchev–Trinajstić information content (AvgIpc) is 2.99. The summed E-state index contributed by atoms with van der Waals surface area (Å²) in [5.41, 5.74) is 1.86.